The molecule has 2 N–H and O–H groups in total. The fraction of sp³-hybridized carbons (Fsp3) is 0.562. The van der Waals surface area contributed by atoms with E-state index in [2.05, 4.69) is 19.8 Å². The van der Waals surface area contributed by atoms with E-state index in [1.54, 1.807) is 0 Å². The summed E-state index contributed by atoms with van der Waals surface area (Å²) in [5.41, 5.74) is 1.53. The maximum Gasteiger partial charge on any atom is 0.257 e. The molecule has 0 spiro atoms. The van der Waals surface area contributed by atoms with Gasteiger partial charge >= 0.3 is 0 Å². The van der Waals surface area contributed by atoms with Crippen LogP contribution < -0.4 is 4.72 Å². The van der Waals surface area contributed by atoms with Gasteiger partial charge in [0, 0.05) is 18.9 Å². The normalized spacial score (nSPS) is 14.7. The Morgan fingerprint density at radius 3 is 2.81 bits per heavy atom. The number of carbonyl (C=O) groups excluding carboxylic acids is 1. The highest BCUT2D eigenvalue weighted by Crippen LogP contribution is 2.16. The van der Waals surface area contributed by atoms with Gasteiger partial charge in [0.1, 0.15) is 5.82 Å². The number of aromatic amines is 1. The van der Waals surface area contributed by atoms with Crippen LogP contribution in [-0.4, -0.2) is 45.5 Å². The number of amides is 1. The SMILES string of the molecule is CCc1ncc(S(=O)(=O)NCc2cc3n(n2)CCN(C(=O)C(C)C)C3)[nH]1. The lowest BCUT2D eigenvalue weighted by atomic mass is 10.1. The Balaban J connectivity index is 1.66. The second-order valence-corrected chi connectivity index (χ2v) is 8.37. The quantitative estimate of drug-likeness (QED) is 0.764. The van der Waals surface area contributed by atoms with Gasteiger partial charge in [-0.1, -0.05) is 20.8 Å². The minimum absolute atomic E-state index is 0.0434. The zero-order valence-corrected chi connectivity index (χ0v) is 16.0. The predicted octanol–water partition coefficient (Wildman–Crippen LogP) is 0.645. The monoisotopic (exact) mass is 380 g/mol. The van der Waals surface area contributed by atoms with E-state index in [9.17, 15) is 13.2 Å². The van der Waals surface area contributed by atoms with Crippen molar-refractivity contribution in [3.8, 4) is 0 Å². The van der Waals surface area contributed by atoms with E-state index in [-0.39, 0.29) is 23.4 Å². The van der Waals surface area contributed by atoms with Crippen molar-refractivity contribution in [1.82, 2.24) is 29.4 Å². The van der Waals surface area contributed by atoms with Crippen molar-refractivity contribution >= 4 is 15.9 Å². The zero-order valence-electron chi connectivity index (χ0n) is 15.2. The van der Waals surface area contributed by atoms with Crippen molar-refractivity contribution in [2.45, 2.75) is 51.9 Å². The number of carbonyl (C=O) groups is 1. The molecule has 3 rings (SSSR count). The Kier molecular flexibility index (Phi) is 5.15. The van der Waals surface area contributed by atoms with E-state index >= 15 is 0 Å². The summed E-state index contributed by atoms with van der Waals surface area (Å²) in [6.45, 7) is 7.47. The van der Waals surface area contributed by atoms with Gasteiger partial charge in [-0.05, 0) is 6.07 Å². The molecule has 3 heterocycles. The molecule has 2 aromatic rings. The molecule has 1 aliphatic heterocycles. The van der Waals surface area contributed by atoms with Crippen LogP contribution in [0.4, 0.5) is 0 Å². The van der Waals surface area contributed by atoms with E-state index in [0.717, 1.165) is 5.69 Å². The van der Waals surface area contributed by atoms with E-state index in [0.29, 0.717) is 37.6 Å². The molecule has 26 heavy (non-hydrogen) atoms. The molecular formula is C16H24N6O3S. The summed E-state index contributed by atoms with van der Waals surface area (Å²) in [5, 5.41) is 4.48. The molecule has 9 nitrogen and oxygen atoms in total. The molecule has 0 aliphatic carbocycles. The van der Waals surface area contributed by atoms with Crippen LogP contribution in [0.5, 0.6) is 0 Å². The lowest BCUT2D eigenvalue weighted by molar-refractivity contribution is -0.136. The Morgan fingerprint density at radius 1 is 1.38 bits per heavy atom. The largest absolute Gasteiger partial charge is 0.335 e. The van der Waals surface area contributed by atoms with Gasteiger partial charge in [-0.15, -0.1) is 0 Å². The molecular weight excluding hydrogens is 356 g/mol. The maximum atomic E-state index is 12.3. The molecule has 0 fully saturated rings. The van der Waals surface area contributed by atoms with Crippen LogP contribution in [-0.2, 0) is 40.9 Å². The highest BCUT2D eigenvalue weighted by molar-refractivity contribution is 7.89. The summed E-state index contributed by atoms with van der Waals surface area (Å²) in [7, 11) is -3.67. The molecule has 2 aromatic heterocycles. The third-order valence-electron chi connectivity index (χ3n) is 4.33. The van der Waals surface area contributed by atoms with Crippen molar-refractivity contribution < 1.29 is 13.2 Å². The van der Waals surface area contributed by atoms with Crippen LogP contribution in [0, 0.1) is 5.92 Å². The molecule has 0 unspecified atom stereocenters. The number of nitrogens with zero attached hydrogens (tertiary/aromatic N) is 4. The Bertz CT molecular complexity index is 899. The van der Waals surface area contributed by atoms with Gasteiger partial charge in [-0.2, -0.15) is 5.10 Å². The fourth-order valence-corrected chi connectivity index (χ4v) is 3.81. The first-order valence-electron chi connectivity index (χ1n) is 8.68. The van der Waals surface area contributed by atoms with Crippen molar-refractivity contribution in [2.24, 2.45) is 5.92 Å². The molecule has 0 saturated heterocycles. The number of hydrogen-bond donors (Lipinski definition) is 2. The number of sulfonamides is 1. The molecule has 0 atom stereocenters. The average Bonchev–Trinajstić information content (AvgIpc) is 3.25. The molecule has 1 aliphatic rings. The first-order chi connectivity index (χ1) is 12.3. The minimum atomic E-state index is -3.67. The fourth-order valence-electron chi connectivity index (χ4n) is 2.87. The summed E-state index contributed by atoms with van der Waals surface area (Å²) in [4.78, 5) is 20.8. The number of aryl methyl sites for hydroxylation is 1. The first-order valence-corrected chi connectivity index (χ1v) is 10.2. The molecule has 1 amide bonds. The van der Waals surface area contributed by atoms with Crippen LogP contribution in [0.25, 0.3) is 0 Å². The summed E-state index contributed by atoms with van der Waals surface area (Å²) in [5.74, 6) is 0.696. The zero-order chi connectivity index (χ0) is 18.9. The predicted molar refractivity (Wildman–Crippen MR) is 94.5 cm³/mol. The van der Waals surface area contributed by atoms with E-state index in [1.807, 2.05) is 36.4 Å². The van der Waals surface area contributed by atoms with Crippen LogP contribution >= 0.6 is 0 Å². The van der Waals surface area contributed by atoms with Gasteiger partial charge < -0.3 is 9.88 Å². The molecule has 10 heteroatoms. The maximum absolute atomic E-state index is 12.3. The number of aromatic nitrogens is 4. The van der Waals surface area contributed by atoms with Crippen molar-refractivity contribution in [2.75, 3.05) is 6.54 Å². The van der Waals surface area contributed by atoms with Crippen LogP contribution in [0.15, 0.2) is 17.3 Å². The highest BCUT2D eigenvalue weighted by atomic mass is 32.2. The number of fused-ring (bicyclic) bond motifs is 1. The van der Waals surface area contributed by atoms with Gasteiger partial charge in [-0.25, -0.2) is 18.1 Å². The van der Waals surface area contributed by atoms with Crippen molar-refractivity contribution in [3.63, 3.8) is 0 Å². The lowest BCUT2D eigenvalue weighted by Crippen LogP contribution is -2.40. The van der Waals surface area contributed by atoms with Crippen molar-refractivity contribution in [3.05, 3.63) is 29.5 Å². The van der Waals surface area contributed by atoms with Gasteiger partial charge in [-0.3, -0.25) is 9.48 Å². The second kappa shape index (κ2) is 7.20. The van der Waals surface area contributed by atoms with Gasteiger partial charge in [0.05, 0.1) is 37.2 Å². The summed E-state index contributed by atoms with van der Waals surface area (Å²) >= 11 is 0. The van der Waals surface area contributed by atoms with Gasteiger partial charge in [0.15, 0.2) is 5.03 Å². The molecule has 0 bridgehead atoms. The van der Waals surface area contributed by atoms with Crippen LogP contribution in [0.1, 0.15) is 38.0 Å². The summed E-state index contributed by atoms with van der Waals surface area (Å²) in [6.07, 6.45) is 1.95. The number of rotatable bonds is 6. The molecule has 142 valence electrons. The Hall–Kier alpha value is -2.20. The molecule has 0 saturated carbocycles. The standard InChI is InChI=1S/C16H24N6O3S/c1-4-14-17-9-15(19-14)26(24,25)18-8-12-7-13-10-21(16(23)11(2)3)5-6-22(13)20-12/h7,9,11,18H,4-6,8,10H2,1-3H3,(H,17,19). The molecule has 0 aromatic carbocycles. The summed E-state index contributed by atoms with van der Waals surface area (Å²) < 4.78 is 29.0. The number of nitrogens with one attached hydrogen (secondary N) is 2. The third-order valence-corrected chi connectivity index (χ3v) is 5.64. The van der Waals surface area contributed by atoms with E-state index < -0.39 is 10.0 Å². The topological polar surface area (TPSA) is 113 Å². The second-order valence-electron chi connectivity index (χ2n) is 6.64. The Labute approximate surface area is 152 Å². The number of imidazole rings is 1. The van der Waals surface area contributed by atoms with E-state index in [4.69, 9.17) is 0 Å². The lowest BCUT2D eigenvalue weighted by Gasteiger charge is -2.29. The molecule has 0 radical (unpaired) electrons. The van der Waals surface area contributed by atoms with Crippen LogP contribution in [0.2, 0.25) is 0 Å². The highest BCUT2D eigenvalue weighted by Gasteiger charge is 2.24. The van der Waals surface area contributed by atoms with Gasteiger partial charge in [0.2, 0.25) is 5.91 Å². The smallest absolute Gasteiger partial charge is 0.257 e. The average molecular weight is 380 g/mol. The third kappa shape index (κ3) is 3.80. The number of H-pyrrole nitrogens is 1. The van der Waals surface area contributed by atoms with Crippen molar-refractivity contribution in [1.29, 1.82) is 0 Å². The number of hydrogen-bond acceptors (Lipinski definition) is 5. The van der Waals surface area contributed by atoms with Gasteiger partial charge in [0.25, 0.3) is 10.0 Å². The Morgan fingerprint density at radius 2 is 2.15 bits per heavy atom. The minimum Gasteiger partial charge on any atom is -0.335 e. The van der Waals surface area contributed by atoms with E-state index in [1.165, 1.54) is 6.20 Å². The summed E-state index contributed by atoms with van der Waals surface area (Å²) in [6, 6.07) is 1.84. The first kappa shape index (κ1) is 18.6. The van der Waals surface area contributed by atoms with Crippen LogP contribution in [0.3, 0.4) is 0 Å².